The smallest absolute Gasteiger partial charge is 0.306 e. The fourth-order valence-corrected chi connectivity index (χ4v) is 4.50. The van der Waals surface area contributed by atoms with Crippen molar-refractivity contribution in [1.82, 2.24) is 0 Å². The van der Waals surface area contributed by atoms with E-state index >= 15 is 0 Å². The molecule has 0 spiro atoms. The highest BCUT2D eigenvalue weighted by Crippen LogP contribution is 2.49. The van der Waals surface area contributed by atoms with Crippen LogP contribution in [0.1, 0.15) is 58.4 Å². The van der Waals surface area contributed by atoms with Crippen molar-refractivity contribution in [2.24, 2.45) is 17.8 Å². The Morgan fingerprint density at radius 2 is 1.96 bits per heavy atom. The van der Waals surface area contributed by atoms with E-state index in [1.807, 2.05) is 18.2 Å². The molecule has 2 saturated carbocycles. The van der Waals surface area contributed by atoms with Crippen molar-refractivity contribution in [2.75, 3.05) is 19.0 Å². The standard InChI is InChI=1S/C22H31NO4/c1-22(2,3)17-7-8-19(26-4)18(12-17)23-20(24)13-27-21(25)11-16-10-14-5-6-15(16)9-14/h7-8,12,14-16H,5-6,9-11,13H2,1-4H3,(H,23,24)/t14-,15+,16+/m1/s1. The number of carbonyl (C=O) groups excluding carboxylic acids is 2. The molecule has 1 amide bonds. The molecule has 0 unspecified atom stereocenters. The third-order valence-corrected chi connectivity index (χ3v) is 6.02. The van der Waals surface area contributed by atoms with Gasteiger partial charge in [-0.25, -0.2) is 0 Å². The van der Waals surface area contributed by atoms with Gasteiger partial charge in [-0.05, 0) is 60.1 Å². The van der Waals surface area contributed by atoms with Gasteiger partial charge in [-0.3, -0.25) is 9.59 Å². The topological polar surface area (TPSA) is 64.6 Å². The minimum Gasteiger partial charge on any atom is -0.495 e. The number of rotatable bonds is 6. The van der Waals surface area contributed by atoms with E-state index in [0.717, 1.165) is 17.9 Å². The summed E-state index contributed by atoms with van der Waals surface area (Å²) in [6, 6.07) is 5.75. The Morgan fingerprint density at radius 3 is 2.56 bits per heavy atom. The van der Waals surface area contributed by atoms with Gasteiger partial charge >= 0.3 is 5.97 Å². The molecule has 2 fully saturated rings. The van der Waals surface area contributed by atoms with Crippen molar-refractivity contribution in [3.8, 4) is 5.75 Å². The Labute approximate surface area is 161 Å². The van der Waals surface area contributed by atoms with Crippen LogP contribution in [-0.2, 0) is 19.7 Å². The third-order valence-electron chi connectivity index (χ3n) is 6.02. The number of benzene rings is 1. The molecule has 2 aliphatic rings. The van der Waals surface area contributed by atoms with Crippen molar-refractivity contribution in [3.63, 3.8) is 0 Å². The molecule has 5 heteroatoms. The fraction of sp³-hybridized carbons (Fsp3) is 0.636. The zero-order chi connectivity index (χ0) is 19.6. The Hall–Kier alpha value is -2.04. The Kier molecular flexibility index (Phi) is 5.78. The molecule has 1 N–H and O–H groups in total. The minimum absolute atomic E-state index is 0.0428. The molecule has 0 heterocycles. The van der Waals surface area contributed by atoms with Crippen LogP contribution in [0, 0.1) is 17.8 Å². The number of hydrogen-bond donors (Lipinski definition) is 1. The van der Waals surface area contributed by atoms with Crippen LogP contribution in [0.3, 0.4) is 0 Å². The molecule has 3 atom stereocenters. The van der Waals surface area contributed by atoms with E-state index in [9.17, 15) is 9.59 Å². The van der Waals surface area contributed by atoms with Gasteiger partial charge in [0.15, 0.2) is 6.61 Å². The van der Waals surface area contributed by atoms with Gasteiger partial charge < -0.3 is 14.8 Å². The molecule has 0 aromatic heterocycles. The zero-order valence-electron chi connectivity index (χ0n) is 16.8. The van der Waals surface area contributed by atoms with Gasteiger partial charge in [-0.1, -0.05) is 33.3 Å². The monoisotopic (exact) mass is 373 g/mol. The SMILES string of the molecule is COc1ccc(C(C)(C)C)cc1NC(=O)COC(=O)C[C@@H]1C[C@@H]2CC[C@H]1C2. The largest absolute Gasteiger partial charge is 0.495 e. The summed E-state index contributed by atoms with van der Waals surface area (Å²) >= 11 is 0. The van der Waals surface area contributed by atoms with Gasteiger partial charge in [0.1, 0.15) is 5.75 Å². The number of esters is 1. The molecule has 3 rings (SSSR count). The highest BCUT2D eigenvalue weighted by molar-refractivity contribution is 5.94. The van der Waals surface area contributed by atoms with Gasteiger partial charge in [0.05, 0.1) is 12.8 Å². The number of carbonyl (C=O) groups is 2. The highest BCUT2D eigenvalue weighted by Gasteiger charge is 2.40. The van der Waals surface area contributed by atoms with Gasteiger partial charge in [-0.15, -0.1) is 0 Å². The Balaban J connectivity index is 1.52. The molecule has 1 aromatic rings. The van der Waals surface area contributed by atoms with Crippen LogP contribution in [0.4, 0.5) is 5.69 Å². The molecule has 148 valence electrons. The molecule has 2 aliphatic carbocycles. The first-order valence-electron chi connectivity index (χ1n) is 9.90. The molecule has 0 saturated heterocycles. The fourth-order valence-electron chi connectivity index (χ4n) is 4.50. The number of nitrogens with one attached hydrogen (secondary N) is 1. The molecule has 1 aromatic carbocycles. The van der Waals surface area contributed by atoms with Crippen LogP contribution >= 0.6 is 0 Å². The van der Waals surface area contributed by atoms with E-state index in [1.54, 1.807) is 7.11 Å². The zero-order valence-corrected chi connectivity index (χ0v) is 16.8. The lowest BCUT2D eigenvalue weighted by Crippen LogP contribution is -2.23. The molecule has 0 aliphatic heterocycles. The van der Waals surface area contributed by atoms with E-state index in [-0.39, 0.29) is 23.9 Å². The second-order valence-electron chi connectivity index (χ2n) is 9.01. The predicted octanol–water partition coefficient (Wildman–Crippen LogP) is 4.30. The lowest BCUT2D eigenvalue weighted by Gasteiger charge is -2.21. The van der Waals surface area contributed by atoms with E-state index in [2.05, 4.69) is 26.1 Å². The van der Waals surface area contributed by atoms with Gasteiger partial charge in [0.2, 0.25) is 0 Å². The lowest BCUT2D eigenvalue weighted by molar-refractivity contribution is -0.148. The Bertz CT molecular complexity index is 707. The summed E-state index contributed by atoms with van der Waals surface area (Å²) in [6.45, 7) is 6.07. The number of fused-ring (bicyclic) bond motifs is 2. The van der Waals surface area contributed by atoms with Crippen LogP contribution < -0.4 is 10.1 Å². The molecular weight excluding hydrogens is 342 g/mol. The van der Waals surface area contributed by atoms with Crippen LogP contribution in [0.5, 0.6) is 5.75 Å². The van der Waals surface area contributed by atoms with Crippen LogP contribution in [0.15, 0.2) is 18.2 Å². The summed E-state index contributed by atoms with van der Waals surface area (Å²) in [4.78, 5) is 24.4. The van der Waals surface area contributed by atoms with Gasteiger partial charge in [0.25, 0.3) is 5.91 Å². The number of ether oxygens (including phenoxy) is 2. The van der Waals surface area contributed by atoms with E-state index < -0.39 is 0 Å². The minimum atomic E-state index is -0.347. The number of amides is 1. The summed E-state index contributed by atoms with van der Waals surface area (Å²) in [5.74, 6) is 1.91. The van der Waals surface area contributed by atoms with Crippen LogP contribution in [0.25, 0.3) is 0 Å². The first-order valence-corrected chi connectivity index (χ1v) is 9.90. The van der Waals surface area contributed by atoms with Crippen molar-refractivity contribution < 1.29 is 19.1 Å². The van der Waals surface area contributed by atoms with Crippen molar-refractivity contribution in [1.29, 1.82) is 0 Å². The van der Waals surface area contributed by atoms with Crippen LogP contribution in [0.2, 0.25) is 0 Å². The average molecular weight is 373 g/mol. The maximum atomic E-state index is 12.3. The van der Waals surface area contributed by atoms with Gasteiger partial charge in [-0.2, -0.15) is 0 Å². The molecule has 27 heavy (non-hydrogen) atoms. The van der Waals surface area contributed by atoms with Crippen LogP contribution in [-0.4, -0.2) is 25.6 Å². The van der Waals surface area contributed by atoms with E-state index in [0.29, 0.717) is 29.7 Å². The Morgan fingerprint density at radius 1 is 1.19 bits per heavy atom. The second-order valence-corrected chi connectivity index (χ2v) is 9.01. The average Bonchev–Trinajstić information content (AvgIpc) is 3.22. The number of hydrogen-bond acceptors (Lipinski definition) is 4. The van der Waals surface area contributed by atoms with Crippen molar-refractivity contribution in [3.05, 3.63) is 23.8 Å². The molecule has 0 radical (unpaired) electrons. The summed E-state index contributed by atoms with van der Waals surface area (Å²) in [6.07, 6.45) is 5.41. The van der Waals surface area contributed by atoms with Crippen molar-refractivity contribution in [2.45, 2.75) is 58.3 Å². The second kappa shape index (κ2) is 7.91. The quantitative estimate of drug-likeness (QED) is 0.755. The van der Waals surface area contributed by atoms with E-state index in [1.165, 1.54) is 19.3 Å². The molecule has 2 bridgehead atoms. The maximum absolute atomic E-state index is 12.3. The summed E-state index contributed by atoms with van der Waals surface area (Å²) in [7, 11) is 1.57. The lowest BCUT2D eigenvalue weighted by atomic mass is 9.86. The molecular formula is C22H31NO4. The maximum Gasteiger partial charge on any atom is 0.306 e. The molecule has 5 nitrogen and oxygen atoms in total. The first kappa shape index (κ1) is 19.7. The third kappa shape index (κ3) is 4.82. The first-order chi connectivity index (χ1) is 12.8. The summed E-state index contributed by atoms with van der Waals surface area (Å²) < 4.78 is 10.6. The van der Waals surface area contributed by atoms with Crippen molar-refractivity contribution >= 4 is 17.6 Å². The number of methoxy groups -OCH3 is 1. The summed E-state index contributed by atoms with van der Waals surface area (Å²) in [5, 5.41) is 2.81. The number of anilines is 1. The van der Waals surface area contributed by atoms with E-state index in [4.69, 9.17) is 9.47 Å². The summed E-state index contributed by atoms with van der Waals surface area (Å²) in [5.41, 5.74) is 1.64. The van der Waals surface area contributed by atoms with Gasteiger partial charge in [0, 0.05) is 6.42 Å². The highest BCUT2D eigenvalue weighted by atomic mass is 16.5. The predicted molar refractivity (Wildman–Crippen MR) is 105 cm³/mol. The normalized spacial score (nSPS) is 23.9.